The molecule has 1 aliphatic rings. The van der Waals surface area contributed by atoms with E-state index in [0.29, 0.717) is 28.6 Å². The van der Waals surface area contributed by atoms with Crippen molar-refractivity contribution in [1.82, 2.24) is 19.9 Å². The van der Waals surface area contributed by atoms with Crippen LogP contribution in [0.3, 0.4) is 0 Å². The second kappa shape index (κ2) is 10.3. The molecule has 4 rings (SSSR count). The normalized spacial score (nSPS) is 16.0. The van der Waals surface area contributed by atoms with Crippen molar-refractivity contribution in [2.45, 2.75) is 46.6 Å². The Hall–Kier alpha value is -3.27. The van der Waals surface area contributed by atoms with Crippen LogP contribution in [0.4, 0.5) is 10.8 Å². The van der Waals surface area contributed by atoms with E-state index in [0.717, 1.165) is 42.6 Å². The molecule has 180 valence electrons. The summed E-state index contributed by atoms with van der Waals surface area (Å²) in [6.45, 7) is 7.81. The molecule has 1 aliphatic heterocycles. The van der Waals surface area contributed by atoms with Gasteiger partial charge in [0.2, 0.25) is 11.8 Å². The lowest BCUT2D eigenvalue weighted by atomic mass is 9.97. The van der Waals surface area contributed by atoms with Gasteiger partial charge in [-0.1, -0.05) is 30.4 Å². The summed E-state index contributed by atoms with van der Waals surface area (Å²) in [6, 6.07) is 5.83. The summed E-state index contributed by atoms with van der Waals surface area (Å²) in [4.78, 5) is 49.0. The Labute approximate surface area is 202 Å². The van der Waals surface area contributed by atoms with Gasteiger partial charge in [-0.15, -0.1) is 0 Å². The van der Waals surface area contributed by atoms with Crippen LogP contribution in [0.25, 0.3) is 10.3 Å². The van der Waals surface area contributed by atoms with Crippen molar-refractivity contribution < 1.29 is 9.59 Å². The number of aryl methyl sites for hydroxylation is 2. The molecule has 34 heavy (non-hydrogen) atoms. The van der Waals surface area contributed by atoms with Crippen LogP contribution in [-0.2, 0) is 16.1 Å². The molecule has 1 atom stereocenters. The maximum atomic E-state index is 13.1. The van der Waals surface area contributed by atoms with Gasteiger partial charge in [0.25, 0.3) is 5.56 Å². The number of anilines is 2. The topological polar surface area (TPSA) is 109 Å². The van der Waals surface area contributed by atoms with E-state index in [1.807, 2.05) is 39.0 Å². The maximum Gasteiger partial charge on any atom is 0.273 e. The van der Waals surface area contributed by atoms with E-state index in [1.165, 1.54) is 22.2 Å². The minimum atomic E-state index is -0.293. The van der Waals surface area contributed by atoms with Gasteiger partial charge in [0, 0.05) is 25.3 Å². The molecule has 2 aromatic heterocycles. The molecule has 3 aromatic rings. The molecule has 0 unspecified atom stereocenters. The lowest BCUT2D eigenvalue weighted by molar-refractivity contribution is -0.125. The van der Waals surface area contributed by atoms with Gasteiger partial charge in [0.05, 0.1) is 5.92 Å². The summed E-state index contributed by atoms with van der Waals surface area (Å²) < 4.78 is 1.72. The highest BCUT2D eigenvalue weighted by Crippen LogP contribution is 2.29. The van der Waals surface area contributed by atoms with Gasteiger partial charge in [-0.2, -0.15) is 4.98 Å². The van der Waals surface area contributed by atoms with Crippen LogP contribution >= 0.6 is 11.3 Å². The second-order valence-electron chi connectivity index (χ2n) is 8.77. The molecule has 10 heteroatoms. The first-order chi connectivity index (χ1) is 16.4. The third-order valence-corrected chi connectivity index (χ3v) is 7.06. The zero-order valence-electron chi connectivity index (χ0n) is 19.8. The van der Waals surface area contributed by atoms with E-state index in [1.54, 1.807) is 0 Å². The van der Waals surface area contributed by atoms with Crippen molar-refractivity contribution in [3.8, 4) is 0 Å². The first-order valence-corrected chi connectivity index (χ1v) is 12.4. The number of carbonyl (C=O) groups excluding carboxylic acids is 2. The minimum Gasteiger partial charge on any atom is -0.356 e. The van der Waals surface area contributed by atoms with Crippen molar-refractivity contribution in [1.29, 1.82) is 0 Å². The van der Waals surface area contributed by atoms with E-state index in [4.69, 9.17) is 0 Å². The van der Waals surface area contributed by atoms with E-state index in [9.17, 15) is 14.4 Å². The van der Waals surface area contributed by atoms with Gasteiger partial charge in [-0.3, -0.25) is 19.0 Å². The number of aromatic nitrogens is 3. The Morgan fingerprint density at radius 3 is 2.88 bits per heavy atom. The lowest BCUT2D eigenvalue weighted by Gasteiger charge is -2.31. The summed E-state index contributed by atoms with van der Waals surface area (Å²) in [6.07, 6.45) is 4.00. The first kappa shape index (κ1) is 23.9. The second-order valence-corrected chi connectivity index (χ2v) is 9.75. The van der Waals surface area contributed by atoms with E-state index < -0.39 is 0 Å². The molecular weight excluding hydrogens is 452 g/mol. The zero-order chi connectivity index (χ0) is 24.2. The zero-order valence-corrected chi connectivity index (χ0v) is 20.6. The van der Waals surface area contributed by atoms with Crippen molar-refractivity contribution >= 4 is 44.3 Å². The third-order valence-electron chi connectivity index (χ3n) is 5.97. The van der Waals surface area contributed by atoms with E-state index >= 15 is 0 Å². The molecule has 2 N–H and O–H groups in total. The Balaban J connectivity index is 1.49. The molecule has 0 aliphatic carbocycles. The Kier molecular flexibility index (Phi) is 7.26. The summed E-state index contributed by atoms with van der Waals surface area (Å²) >= 11 is 1.27. The van der Waals surface area contributed by atoms with Crippen LogP contribution in [0, 0.1) is 19.8 Å². The number of carbonyl (C=O) groups is 2. The predicted molar refractivity (Wildman–Crippen MR) is 134 cm³/mol. The number of amides is 2. The van der Waals surface area contributed by atoms with Gasteiger partial charge in [0.1, 0.15) is 17.6 Å². The quantitative estimate of drug-likeness (QED) is 0.536. The summed E-state index contributed by atoms with van der Waals surface area (Å²) in [7, 11) is 0. The minimum absolute atomic E-state index is 0.0722. The van der Waals surface area contributed by atoms with Crippen LogP contribution in [0.15, 0.2) is 29.3 Å². The number of nitrogens with one attached hydrogen (secondary N) is 2. The molecule has 3 heterocycles. The fourth-order valence-electron chi connectivity index (χ4n) is 4.06. The molecular formula is C24H30N6O3S. The monoisotopic (exact) mass is 482 g/mol. The molecule has 0 spiro atoms. The Morgan fingerprint density at radius 2 is 2.09 bits per heavy atom. The summed E-state index contributed by atoms with van der Waals surface area (Å²) in [5.41, 5.74) is 2.80. The molecule has 0 radical (unpaired) electrons. The van der Waals surface area contributed by atoms with Gasteiger partial charge in [0.15, 0.2) is 10.8 Å². The smallest absolute Gasteiger partial charge is 0.273 e. The molecule has 0 bridgehead atoms. The molecule has 1 saturated heterocycles. The van der Waals surface area contributed by atoms with Crippen molar-refractivity contribution in [3.63, 3.8) is 0 Å². The van der Waals surface area contributed by atoms with Gasteiger partial charge in [-0.05, 0) is 50.3 Å². The fraction of sp³-hybridized carbons (Fsp3) is 0.458. The number of thiazole rings is 1. The van der Waals surface area contributed by atoms with Crippen molar-refractivity contribution in [2.24, 2.45) is 5.92 Å². The third kappa shape index (κ3) is 5.27. The number of rotatable bonds is 7. The van der Waals surface area contributed by atoms with Crippen molar-refractivity contribution in [2.75, 3.05) is 29.9 Å². The average molecular weight is 483 g/mol. The molecule has 9 nitrogen and oxygen atoms in total. The summed E-state index contributed by atoms with van der Waals surface area (Å²) in [5, 5.41) is 6.54. The maximum absolute atomic E-state index is 13.1. The van der Waals surface area contributed by atoms with Crippen LogP contribution in [0.2, 0.25) is 0 Å². The molecule has 2 amide bonds. The number of piperidine rings is 1. The molecule has 1 aromatic carbocycles. The number of benzene rings is 1. The predicted octanol–water partition coefficient (Wildman–Crippen LogP) is 2.85. The molecule has 0 saturated carbocycles. The van der Waals surface area contributed by atoms with Crippen LogP contribution < -0.4 is 21.1 Å². The highest BCUT2D eigenvalue weighted by Gasteiger charge is 2.27. The SMILES string of the molecule is CCCNC(=O)[C@@H]1CCCN(c2nc3ncn(CC(=O)Nc4cc(C)ccc4C)c(=O)c3s2)C1. The number of hydrogen-bond donors (Lipinski definition) is 2. The Bertz CT molecular complexity index is 1270. The van der Waals surface area contributed by atoms with Crippen LogP contribution in [-0.4, -0.2) is 46.0 Å². The number of hydrogen-bond acceptors (Lipinski definition) is 7. The van der Waals surface area contributed by atoms with E-state index in [2.05, 4.69) is 25.5 Å². The van der Waals surface area contributed by atoms with E-state index in [-0.39, 0.29) is 29.8 Å². The number of fused-ring (bicyclic) bond motifs is 1. The lowest BCUT2D eigenvalue weighted by Crippen LogP contribution is -2.43. The fourth-order valence-corrected chi connectivity index (χ4v) is 5.06. The standard InChI is InChI=1S/C24H30N6O3S/c1-4-9-25-22(32)17-6-5-10-29(12-17)24-28-21-20(34-24)23(33)30(14-26-21)13-19(31)27-18-11-15(2)7-8-16(18)3/h7-8,11,14,17H,4-6,9-10,12-13H2,1-3H3,(H,25,32)(H,27,31)/t17-/m1/s1. The Morgan fingerprint density at radius 1 is 1.26 bits per heavy atom. The van der Waals surface area contributed by atoms with Gasteiger partial charge >= 0.3 is 0 Å². The van der Waals surface area contributed by atoms with Gasteiger partial charge < -0.3 is 15.5 Å². The largest absolute Gasteiger partial charge is 0.356 e. The summed E-state index contributed by atoms with van der Waals surface area (Å²) in [5.74, 6) is -0.313. The van der Waals surface area contributed by atoms with Crippen LogP contribution in [0.5, 0.6) is 0 Å². The van der Waals surface area contributed by atoms with Crippen LogP contribution in [0.1, 0.15) is 37.3 Å². The average Bonchev–Trinajstić information content (AvgIpc) is 3.27. The first-order valence-electron chi connectivity index (χ1n) is 11.6. The van der Waals surface area contributed by atoms with Gasteiger partial charge in [-0.25, -0.2) is 4.98 Å². The highest BCUT2D eigenvalue weighted by molar-refractivity contribution is 7.22. The highest BCUT2D eigenvalue weighted by atomic mass is 32.1. The van der Waals surface area contributed by atoms with Crippen molar-refractivity contribution in [3.05, 3.63) is 46.0 Å². The molecule has 1 fully saturated rings. The number of nitrogens with zero attached hydrogens (tertiary/aromatic N) is 4.